The molecule has 0 bridgehead atoms. The Morgan fingerprint density at radius 1 is 1.47 bits per heavy atom. The molecule has 0 amide bonds. The van der Waals surface area contributed by atoms with E-state index in [1.807, 2.05) is 0 Å². The first-order chi connectivity index (χ1) is 8.86. The van der Waals surface area contributed by atoms with Crippen molar-refractivity contribution in [1.82, 2.24) is 0 Å². The van der Waals surface area contributed by atoms with Crippen LogP contribution in [-0.4, -0.2) is 29.9 Å². The highest BCUT2D eigenvalue weighted by molar-refractivity contribution is 9.10. The van der Waals surface area contributed by atoms with Gasteiger partial charge in [0, 0.05) is 23.2 Å². The van der Waals surface area contributed by atoms with Crippen LogP contribution in [0.1, 0.15) is 25.5 Å². The first-order valence-corrected chi connectivity index (χ1v) is 6.47. The molecule has 2 atom stereocenters. The van der Waals surface area contributed by atoms with Crippen molar-refractivity contribution in [1.29, 1.82) is 0 Å². The summed E-state index contributed by atoms with van der Waals surface area (Å²) in [7, 11) is 1.53. The maximum Gasteiger partial charge on any atom is 0.312 e. The Labute approximate surface area is 119 Å². The number of hydrogen-bond donors (Lipinski definition) is 1. The number of halogens is 1. The fraction of sp³-hybridized carbons (Fsp3) is 0.500. The van der Waals surface area contributed by atoms with Crippen LogP contribution in [0.5, 0.6) is 5.75 Å². The number of aliphatic hydroxyl groups is 1. The van der Waals surface area contributed by atoms with Gasteiger partial charge < -0.3 is 14.6 Å². The van der Waals surface area contributed by atoms with Gasteiger partial charge in [-0.1, -0.05) is 15.9 Å². The number of benzene rings is 1. The number of hydrogen-bond acceptors (Lipinski definition) is 5. The standard InChI is InChI=1S/C12H16BrNO5/c1-7(18-3)6-19-12-10(8(2)15)4-9(13)5-11(12)14(16)17/h4-5,7-8,15H,6H2,1-3H3/t7?,8-/m1/s1. The van der Waals surface area contributed by atoms with Crippen LogP contribution in [0.2, 0.25) is 0 Å². The van der Waals surface area contributed by atoms with Crippen molar-refractivity contribution in [3.8, 4) is 5.75 Å². The molecule has 106 valence electrons. The van der Waals surface area contributed by atoms with Gasteiger partial charge in [-0.3, -0.25) is 10.1 Å². The molecule has 0 aliphatic heterocycles. The Hall–Kier alpha value is -1.18. The Bertz CT molecular complexity index is 464. The molecule has 0 saturated carbocycles. The average Bonchev–Trinajstić information content (AvgIpc) is 2.35. The predicted molar refractivity (Wildman–Crippen MR) is 73.4 cm³/mol. The van der Waals surface area contributed by atoms with E-state index in [1.165, 1.54) is 20.1 Å². The van der Waals surface area contributed by atoms with Crippen molar-refractivity contribution in [3.63, 3.8) is 0 Å². The number of aliphatic hydroxyl groups excluding tert-OH is 1. The third-order valence-electron chi connectivity index (χ3n) is 2.57. The lowest BCUT2D eigenvalue weighted by Crippen LogP contribution is -2.17. The number of ether oxygens (including phenoxy) is 2. The largest absolute Gasteiger partial charge is 0.484 e. The summed E-state index contributed by atoms with van der Waals surface area (Å²) < 4.78 is 11.0. The molecule has 0 heterocycles. The fourth-order valence-electron chi connectivity index (χ4n) is 1.47. The number of methoxy groups -OCH3 is 1. The number of nitro groups is 1. The molecule has 0 saturated heterocycles. The Morgan fingerprint density at radius 2 is 2.11 bits per heavy atom. The zero-order chi connectivity index (χ0) is 14.6. The van der Waals surface area contributed by atoms with Gasteiger partial charge in [0.05, 0.1) is 17.1 Å². The van der Waals surface area contributed by atoms with Gasteiger partial charge in [0.25, 0.3) is 0 Å². The third-order valence-corrected chi connectivity index (χ3v) is 3.03. The second-order valence-corrected chi connectivity index (χ2v) is 5.05. The molecule has 7 heteroatoms. The van der Waals surface area contributed by atoms with Gasteiger partial charge in [-0.25, -0.2) is 0 Å². The summed E-state index contributed by atoms with van der Waals surface area (Å²) in [5.41, 5.74) is 0.179. The molecular formula is C12H16BrNO5. The summed E-state index contributed by atoms with van der Waals surface area (Å²) in [6.07, 6.45) is -1.07. The molecule has 1 aromatic rings. The van der Waals surface area contributed by atoms with E-state index in [0.717, 1.165) is 0 Å². The summed E-state index contributed by atoms with van der Waals surface area (Å²) in [6.45, 7) is 3.48. The van der Waals surface area contributed by atoms with Crippen molar-refractivity contribution < 1.29 is 19.5 Å². The van der Waals surface area contributed by atoms with Gasteiger partial charge >= 0.3 is 5.69 Å². The molecular weight excluding hydrogens is 318 g/mol. The van der Waals surface area contributed by atoms with E-state index in [1.54, 1.807) is 13.0 Å². The van der Waals surface area contributed by atoms with Crippen LogP contribution >= 0.6 is 15.9 Å². The quantitative estimate of drug-likeness (QED) is 0.639. The van der Waals surface area contributed by atoms with E-state index >= 15 is 0 Å². The molecule has 0 spiro atoms. The van der Waals surface area contributed by atoms with Gasteiger partial charge in [-0.05, 0) is 19.9 Å². The van der Waals surface area contributed by atoms with Crippen molar-refractivity contribution in [2.75, 3.05) is 13.7 Å². The number of nitro benzene ring substituents is 1. The summed E-state index contributed by atoms with van der Waals surface area (Å²) in [5, 5.41) is 20.8. The van der Waals surface area contributed by atoms with E-state index < -0.39 is 11.0 Å². The van der Waals surface area contributed by atoms with Crippen LogP contribution in [-0.2, 0) is 4.74 Å². The molecule has 6 nitrogen and oxygen atoms in total. The van der Waals surface area contributed by atoms with Crippen molar-refractivity contribution in [2.24, 2.45) is 0 Å². The molecule has 0 fully saturated rings. The van der Waals surface area contributed by atoms with Gasteiger partial charge in [-0.2, -0.15) is 0 Å². The van der Waals surface area contributed by atoms with Crippen LogP contribution < -0.4 is 4.74 Å². The van der Waals surface area contributed by atoms with Gasteiger partial charge in [-0.15, -0.1) is 0 Å². The fourth-order valence-corrected chi connectivity index (χ4v) is 1.94. The second-order valence-electron chi connectivity index (χ2n) is 4.13. The van der Waals surface area contributed by atoms with Crippen molar-refractivity contribution in [3.05, 3.63) is 32.3 Å². The normalized spacial score (nSPS) is 13.9. The van der Waals surface area contributed by atoms with Crippen molar-refractivity contribution >= 4 is 21.6 Å². The maximum absolute atomic E-state index is 11.1. The maximum atomic E-state index is 11.1. The molecule has 0 aliphatic rings. The minimum absolute atomic E-state index is 0.0760. The van der Waals surface area contributed by atoms with Gasteiger partial charge in [0.1, 0.15) is 6.61 Å². The predicted octanol–water partition coefficient (Wildman–Crippen LogP) is 2.82. The highest BCUT2D eigenvalue weighted by Gasteiger charge is 2.23. The molecule has 0 aromatic heterocycles. The Balaban J connectivity index is 3.19. The zero-order valence-corrected chi connectivity index (χ0v) is 12.5. The van der Waals surface area contributed by atoms with Crippen molar-refractivity contribution in [2.45, 2.75) is 26.1 Å². The van der Waals surface area contributed by atoms with Crippen LogP contribution in [0.3, 0.4) is 0 Å². The Morgan fingerprint density at radius 3 is 2.58 bits per heavy atom. The van der Waals surface area contributed by atoms with Crippen LogP contribution in [0, 0.1) is 10.1 Å². The van der Waals surface area contributed by atoms with E-state index in [4.69, 9.17) is 9.47 Å². The van der Waals surface area contributed by atoms with E-state index in [9.17, 15) is 15.2 Å². The molecule has 0 radical (unpaired) electrons. The smallest absolute Gasteiger partial charge is 0.312 e. The van der Waals surface area contributed by atoms with E-state index in [-0.39, 0.29) is 24.1 Å². The monoisotopic (exact) mass is 333 g/mol. The highest BCUT2D eigenvalue weighted by Crippen LogP contribution is 2.37. The minimum Gasteiger partial charge on any atom is -0.484 e. The second kappa shape index (κ2) is 6.83. The van der Waals surface area contributed by atoms with Gasteiger partial charge in [0.15, 0.2) is 0 Å². The summed E-state index contributed by atoms with van der Waals surface area (Å²) in [6, 6.07) is 2.95. The highest BCUT2D eigenvalue weighted by atomic mass is 79.9. The number of nitrogens with zero attached hydrogens (tertiary/aromatic N) is 1. The zero-order valence-electron chi connectivity index (χ0n) is 10.9. The van der Waals surface area contributed by atoms with Gasteiger partial charge in [0.2, 0.25) is 5.75 Å². The van der Waals surface area contributed by atoms with Crippen LogP contribution in [0.25, 0.3) is 0 Å². The average molecular weight is 334 g/mol. The summed E-state index contributed by atoms with van der Waals surface area (Å²) in [4.78, 5) is 10.5. The first-order valence-electron chi connectivity index (χ1n) is 5.68. The summed E-state index contributed by atoms with van der Waals surface area (Å²) in [5.74, 6) is 0.0760. The molecule has 19 heavy (non-hydrogen) atoms. The molecule has 1 unspecified atom stereocenters. The minimum atomic E-state index is -0.871. The van der Waals surface area contributed by atoms with Crippen LogP contribution in [0.15, 0.2) is 16.6 Å². The van der Waals surface area contributed by atoms with E-state index in [0.29, 0.717) is 10.0 Å². The summed E-state index contributed by atoms with van der Waals surface area (Å²) >= 11 is 3.18. The molecule has 1 aromatic carbocycles. The van der Waals surface area contributed by atoms with Crippen LogP contribution in [0.4, 0.5) is 5.69 Å². The SMILES string of the molecule is COC(C)COc1c([C@@H](C)O)cc(Br)cc1[N+](=O)[O-]. The first kappa shape index (κ1) is 15.9. The lowest BCUT2D eigenvalue weighted by Gasteiger charge is -2.16. The lowest BCUT2D eigenvalue weighted by molar-refractivity contribution is -0.386. The van der Waals surface area contributed by atoms with E-state index in [2.05, 4.69) is 15.9 Å². The molecule has 1 N–H and O–H groups in total. The number of rotatable bonds is 6. The molecule has 1 rings (SSSR count). The topological polar surface area (TPSA) is 81.8 Å². The third kappa shape index (κ3) is 4.15. The lowest BCUT2D eigenvalue weighted by atomic mass is 10.1. The molecule has 0 aliphatic carbocycles. The Kier molecular flexibility index (Phi) is 5.71.